The molecule has 4 aliphatic rings. The summed E-state index contributed by atoms with van der Waals surface area (Å²) in [6, 6.07) is -11.7. The predicted molar refractivity (Wildman–Crippen MR) is 399 cm³/mol. The van der Waals surface area contributed by atoms with Crippen LogP contribution in [0, 0.1) is 47.3 Å². The van der Waals surface area contributed by atoms with Crippen molar-refractivity contribution in [2.45, 2.75) is 291 Å². The normalized spacial score (nSPS) is 26.9. The number of carbonyl (C=O) groups excluding carboxylic acids is 12. The van der Waals surface area contributed by atoms with E-state index in [1.807, 2.05) is 62.3 Å². The molecule has 26 nitrogen and oxygen atoms in total. The third kappa shape index (κ3) is 26.6. The highest BCUT2D eigenvalue weighted by atomic mass is 16.5. The zero-order valence-corrected chi connectivity index (χ0v) is 66.9. The molecular formula is C78H137N11O15. The lowest BCUT2D eigenvalue weighted by Gasteiger charge is -2.40. The number of aliphatic hydroxyl groups excluding tert-OH is 2. The monoisotopic (exact) mass is 1470 g/mol. The van der Waals surface area contributed by atoms with Crippen LogP contribution in [0.1, 0.15) is 231 Å². The first-order valence-corrected chi connectivity index (χ1v) is 39.4. The molecule has 2 saturated carbocycles. The molecule has 2 aliphatic carbocycles. The Bertz CT molecular complexity index is 2800. The van der Waals surface area contributed by atoms with E-state index < -0.39 is 163 Å². The number of piperidine rings is 1. The number of amides is 11. The number of carbonyl (C=O) groups is 12. The van der Waals surface area contributed by atoms with Crippen molar-refractivity contribution in [3.63, 3.8) is 0 Å². The van der Waals surface area contributed by atoms with Crippen LogP contribution in [0.3, 0.4) is 0 Å². The molecule has 0 bridgehead atoms. The number of nitrogens with zero attached hydrogens (tertiary/aromatic N) is 8. The third-order valence-electron chi connectivity index (χ3n) is 22.0. The van der Waals surface area contributed by atoms with Crippen molar-refractivity contribution in [3.8, 4) is 0 Å². The van der Waals surface area contributed by atoms with Gasteiger partial charge in [-0.05, 0) is 113 Å². The zero-order valence-electron chi connectivity index (χ0n) is 66.9. The molecular weight excluding hydrogens is 1330 g/mol. The van der Waals surface area contributed by atoms with Gasteiger partial charge in [0.05, 0.1) is 31.7 Å². The fourth-order valence-electron chi connectivity index (χ4n) is 15.5. The van der Waals surface area contributed by atoms with Gasteiger partial charge < -0.3 is 70.1 Å². The van der Waals surface area contributed by atoms with Crippen LogP contribution in [0.25, 0.3) is 0 Å². The van der Waals surface area contributed by atoms with Crippen LogP contribution < -0.4 is 16.0 Å². The van der Waals surface area contributed by atoms with Crippen molar-refractivity contribution in [2.75, 3.05) is 88.3 Å². The summed E-state index contributed by atoms with van der Waals surface area (Å²) in [6.45, 7) is 21.1. The first-order valence-electron chi connectivity index (χ1n) is 39.4. The minimum atomic E-state index is -1.63. The van der Waals surface area contributed by atoms with Crippen LogP contribution in [-0.4, -0.2) is 269 Å². The summed E-state index contributed by atoms with van der Waals surface area (Å²) in [5.41, 5.74) is 0. The summed E-state index contributed by atoms with van der Waals surface area (Å²) in [4.78, 5) is 193. The molecule has 2 aliphatic heterocycles. The fourth-order valence-corrected chi connectivity index (χ4v) is 15.5. The van der Waals surface area contributed by atoms with Crippen LogP contribution in [0.2, 0.25) is 0 Å². The largest absolute Gasteiger partial charge is 0.396 e. The van der Waals surface area contributed by atoms with E-state index in [4.69, 9.17) is 4.74 Å². The van der Waals surface area contributed by atoms with Crippen molar-refractivity contribution in [1.29, 1.82) is 0 Å². The van der Waals surface area contributed by atoms with Gasteiger partial charge in [0.2, 0.25) is 65.0 Å². The van der Waals surface area contributed by atoms with Gasteiger partial charge in [0.1, 0.15) is 48.3 Å². The van der Waals surface area contributed by atoms with Gasteiger partial charge in [-0.25, -0.2) is 0 Å². The second-order valence-corrected chi connectivity index (χ2v) is 32.7. The number of rotatable bonds is 22. The van der Waals surface area contributed by atoms with Crippen molar-refractivity contribution in [2.24, 2.45) is 47.3 Å². The number of ether oxygens (including phenoxy) is 1. The lowest BCUT2D eigenvalue weighted by atomic mass is 9.80. The Hall–Kier alpha value is -6.28. The minimum absolute atomic E-state index is 0.00279. The Morgan fingerprint density at radius 2 is 0.981 bits per heavy atom. The minimum Gasteiger partial charge on any atom is -0.396 e. The predicted octanol–water partition coefficient (Wildman–Crippen LogP) is 6.19. The van der Waals surface area contributed by atoms with Crippen LogP contribution >= 0.6 is 0 Å². The lowest BCUT2D eigenvalue weighted by molar-refractivity contribution is -0.153. The molecule has 4 fully saturated rings. The molecule has 11 amide bonds. The zero-order chi connectivity index (χ0) is 78.0. The highest BCUT2D eigenvalue weighted by molar-refractivity contribution is 6.00. The SMILES string of the molecule is CCCCN1CC(=O)N(C)[C@@H](CC(C)C)C(=O)N[C@H](C(=O)N2CCCCC2)CC(=O)N(C)[C@@H](C(C)C)C(=O)N[C@@H](COCCCO)C(=O)N(C)[C@@H](CC(C)C)C(=O)N(C)[C@@H](CC2CCCCC2)C(=O)C[C@@H](C(C)C)C(=O)N(C)[C@@H](CC2CCCCC2)C(=O)N(C)[C@@H](CC(C)C)C(=O)N[C@@H]([C@@H](C)O)C1=O. The maximum atomic E-state index is 15.7. The van der Waals surface area contributed by atoms with Crippen molar-refractivity contribution in [1.82, 2.24) is 55.1 Å². The summed E-state index contributed by atoms with van der Waals surface area (Å²) in [6.07, 6.45) is 10.8. The number of hydrogen-bond donors (Lipinski definition) is 5. The quantitative estimate of drug-likeness (QED) is 0.0754. The number of unbranched alkanes of at least 4 members (excludes halogenated alkanes) is 1. The molecule has 4 rings (SSSR count). The first kappa shape index (κ1) is 90.1. The van der Waals surface area contributed by atoms with Gasteiger partial charge in [-0.2, -0.15) is 0 Å². The molecule has 2 heterocycles. The molecule has 0 radical (unpaired) electrons. The van der Waals surface area contributed by atoms with Crippen molar-refractivity contribution in [3.05, 3.63) is 0 Å². The lowest BCUT2D eigenvalue weighted by Crippen LogP contribution is -2.61. The summed E-state index contributed by atoms with van der Waals surface area (Å²) < 4.78 is 5.95. The Labute approximate surface area is 622 Å². The Kier molecular flexibility index (Phi) is 38.2. The molecule has 0 aromatic rings. The topological polar surface area (TPSA) is 317 Å². The number of likely N-dealkylation sites (tertiary alicyclic amines) is 1. The van der Waals surface area contributed by atoms with Crippen molar-refractivity contribution >= 4 is 70.8 Å². The van der Waals surface area contributed by atoms with E-state index in [1.54, 1.807) is 32.8 Å². The summed E-state index contributed by atoms with van der Waals surface area (Å²) in [5, 5.41) is 29.8. The molecule has 0 aromatic heterocycles. The van der Waals surface area contributed by atoms with Gasteiger partial charge in [0.15, 0.2) is 5.78 Å². The van der Waals surface area contributed by atoms with Crippen molar-refractivity contribution < 1.29 is 72.5 Å². The van der Waals surface area contributed by atoms with E-state index in [2.05, 4.69) is 16.0 Å². The Balaban J connectivity index is 2.02. The van der Waals surface area contributed by atoms with Gasteiger partial charge in [0, 0.05) is 87.5 Å². The van der Waals surface area contributed by atoms with E-state index in [0.717, 1.165) is 70.6 Å². The van der Waals surface area contributed by atoms with Gasteiger partial charge in [-0.3, -0.25) is 57.5 Å². The van der Waals surface area contributed by atoms with Crippen LogP contribution in [0.4, 0.5) is 0 Å². The Morgan fingerprint density at radius 3 is 1.49 bits per heavy atom. The highest BCUT2D eigenvalue weighted by Gasteiger charge is 2.46. The number of nitrogens with one attached hydrogen (secondary N) is 3. The third-order valence-corrected chi connectivity index (χ3v) is 22.0. The number of aliphatic hydroxyl groups is 2. The summed E-state index contributed by atoms with van der Waals surface area (Å²) >= 11 is 0. The summed E-state index contributed by atoms with van der Waals surface area (Å²) in [7, 11) is 8.89. The van der Waals surface area contributed by atoms with E-state index in [0.29, 0.717) is 45.2 Å². The standard InChI is InChI=1S/C78H137N11O15/c1-19-20-35-89-47-67(94)82(13)61(40-49(2)3)70(95)79-58(75(100)88-36-28-23-29-37-88)46-66(93)87(18)69(53(10)11)72(97)80-59(48-104-39-30-38-90)74(99)86(17)63(42-51(6)7)76(101)83(14)60(43-55-31-24-21-25-32-55)65(92)45-57(52(8)9)73(98)85(16)64(44-56-33-26-22-27-34-56)77(102)84(15)62(41-50(4)5)71(96)81-68(54(12)91)78(89)103/h49-64,68-69,90-91H,19-48H2,1-18H3,(H,79,95)(H,80,97)(H,81,96)/t54-,57+,58+,59+,60+,61+,62+,63+,64+,68+,69+/m1/s1. The van der Waals surface area contributed by atoms with Gasteiger partial charge in [0.25, 0.3) is 0 Å². The smallest absolute Gasteiger partial charge is 0.248 e. The van der Waals surface area contributed by atoms with Gasteiger partial charge in [-0.15, -0.1) is 0 Å². The average molecular weight is 1470 g/mol. The Morgan fingerprint density at radius 1 is 0.500 bits per heavy atom. The van der Waals surface area contributed by atoms with E-state index in [9.17, 15) is 24.6 Å². The molecule has 2 saturated heterocycles. The maximum Gasteiger partial charge on any atom is 0.248 e. The van der Waals surface area contributed by atoms with E-state index in [-0.39, 0.29) is 93.7 Å². The molecule has 104 heavy (non-hydrogen) atoms. The molecule has 26 heteroatoms. The second-order valence-electron chi connectivity index (χ2n) is 32.7. The number of hydrogen-bond acceptors (Lipinski definition) is 15. The van der Waals surface area contributed by atoms with Gasteiger partial charge in [-0.1, -0.05) is 147 Å². The van der Waals surface area contributed by atoms with Crippen LogP contribution in [0.5, 0.6) is 0 Å². The summed E-state index contributed by atoms with van der Waals surface area (Å²) in [5.74, 6) is -10.2. The molecule has 0 unspecified atom stereocenters. The molecule has 0 aromatic carbocycles. The average Bonchev–Trinajstić information content (AvgIpc) is 0.811. The van der Waals surface area contributed by atoms with Crippen LogP contribution in [-0.2, 0) is 62.3 Å². The molecule has 5 N–H and O–H groups in total. The molecule has 11 atom stereocenters. The van der Waals surface area contributed by atoms with E-state index >= 15 is 43.2 Å². The number of likely N-dealkylation sites (N-methyl/N-ethyl adjacent to an activating group) is 6. The fraction of sp³-hybridized carbons (Fsp3) is 0.846. The first-order chi connectivity index (χ1) is 49.0. The highest BCUT2D eigenvalue weighted by Crippen LogP contribution is 2.34. The number of ketones is 1. The number of Topliss-reactive ketones (excluding diaryl/α,β-unsaturated/α-hetero) is 1. The van der Waals surface area contributed by atoms with E-state index in [1.165, 1.54) is 69.4 Å². The second kappa shape index (κ2) is 44.1. The maximum absolute atomic E-state index is 15.7. The van der Waals surface area contributed by atoms with Crippen LogP contribution in [0.15, 0.2) is 0 Å². The molecule has 594 valence electrons. The molecule has 0 spiro atoms. The van der Waals surface area contributed by atoms with Gasteiger partial charge >= 0.3 is 0 Å².